The Labute approximate surface area is 94.2 Å². The molecule has 0 spiro atoms. The van der Waals surface area contributed by atoms with Gasteiger partial charge in [0.15, 0.2) is 5.03 Å². The minimum absolute atomic E-state index is 0.0554. The smallest absolute Gasteiger partial charge is 0.257 e. The first-order valence-electron chi connectivity index (χ1n) is 4.66. The molecule has 0 bridgehead atoms. The van der Waals surface area contributed by atoms with Crippen molar-refractivity contribution >= 4 is 15.9 Å². The Morgan fingerprint density at radius 2 is 2.38 bits per heavy atom. The van der Waals surface area contributed by atoms with E-state index in [4.69, 9.17) is 11.1 Å². The highest BCUT2D eigenvalue weighted by Gasteiger charge is 2.20. The largest absolute Gasteiger partial charge is 0.388 e. The van der Waals surface area contributed by atoms with Crippen molar-refractivity contribution in [1.29, 1.82) is 5.41 Å². The zero-order valence-electron chi connectivity index (χ0n) is 9.14. The Kier molecular flexibility index (Phi) is 3.66. The Morgan fingerprint density at radius 3 is 2.81 bits per heavy atom. The Hall–Kier alpha value is -1.41. The van der Waals surface area contributed by atoms with Gasteiger partial charge < -0.3 is 5.73 Å². The fourth-order valence-corrected chi connectivity index (χ4v) is 2.69. The first-order chi connectivity index (χ1) is 7.33. The van der Waals surface area contributed by atoms with Crippen LogP contribution in [0.1, 0.15) is 13.3 Å². The molecule has 0 saturated heterocycles. The second kappa shape index (κ2) is 4.62. The lowest BCUT2D eigenvalue weighted by Crippen LogP contribution is -2.36. The number of sulfonamides is 1. The molecule has 0 aromatic carbocycles. The van der Waals surface area contributed by atoms with Crippen LogP contribution in [0.3, 0.4) is 0 Å². The van der Waals surface area contributed by atoms with Gasteiger partial charge in [-0.25, -0.2) is 13.1 Å². The predicted octanol–water partition coefficient (Wildman–Crippen LogP) is -0.587. The zero-order chi connectivity index (χ0) is 12.3. The third kappa shape index (κ3) is 3.04. The minimum atomic E-state index is -3.59. The number of amidine groups is 1. The highest BCUT2D eigenvalue weighted by Crippen LogP contribution is 2.07. The summed E-state index contributed by atoms with van der Waals surface area (Å²) in [5, 5.41) is 10.9. The van der Waals surface area contributed by atoms with Gasteiger partial charge in [-0.2, -0.15) is 5.10 Å². The van der Waals surface area contributed by atoms with E-state index < -0.39 is 16.1 Å². The molecule has 1 aromatic heterocycles. The van der Waals surface area contributed by atoms with Crippen molar-refractivity contribution in [3.8, 4) is 0 Å². The van der Waals surface area contributed by atoms with Crippen LogP contribution in [-0.2, 0) is 17.1 Å². The molecular formula is C8H15N5O2S. The average Bonchev–Trinajstić information content (AvgIpc) is 2.48. The molecule has 1 aromatic rings. The van der Waals surface area contributed by atoms with E-state index in [1.165, 1.54) is 16.9 Å². The van der Waals surface area contributed by atoms with E-state index >= 15 is 0 Å². The van der Waals surface area contributed by atoms with Crippen LogP contribution in [0, 0.1) is 5.41 Å². The van der Waals surface area contributed by atoms with Crippen molar-refractivity contribution in [2.45, 2.75) is 24.4 Å². The van der Waals surface area contributed by atoms with Crippen LogP contribution in [0.4, 0.5) is 0 Å². The Balaban J connectivity index is 2.81. The molecule has 8 heteroatoms. The Morgan fingerprint density at radius 1 is 1.75 bits per heavy atom. The maximum absolute atomic E-state index is 11.8. The van der Waals surface area contributed by atoms with E-state index in [9.17, 15) is 8.42 Å². The lowest BCUT2D eigenvalue weighted by Gasteiger charge is -2.13. The highest BCUT2D eigenvalue weighted by molar-refractivity contribution is 7.89. The molecule has 0 fully saturated rings. The molecule has 1 rings (SSSR count). The molecule has 1 heterocycles. The number of aromatic nitrogens is 2. The van der Waals surface area contributed by atoms with Crippen LogP contribution in [0.2, 0.25) is 0 Å². The van der Waals surface area contributed by atoms with Gasteiger partial charge in [-0.05, 0) is 13.0 Å². The quantitative estimate of drug-likeness (QED) is 0.475. The van der Waals surface area contributed by atoms with Gasteiger partial charge in [-0.1, -0.05) is 0 Å². The number of nitrogens with two attached hydrogens (primary N) is 1. The maximum atomic E-state index is 11.8. The van der Waals surface area contributed by atoms with Gasteiger partial charge >= 0.3 is 0 Å². The number of hydrogen-bond acceptors (Lipinski definition) is 4. The van der Waals surface area contributed by atoms with Gasteiger partial charge in [0.1, 0.15) is 0 Å². The number of hydrogen-bond donors (Lipinski definition) is 3. The third-order valence-corrected chi connectivity index (χ3v) is 3.60. The number of rotatable bonds is 5. The molecule has 0 aliphatic heterocycles. The summed E-state index contributed by atoms with van der Waals surface area (Å²) < 4.78 is 27.3. The monoisotopic (exact) mass is 245 g/mol. The topological polar surface area (TPSA) is 114 Å². The fourth-order valence-electron chi connectivity index (χ4n) is 1.32. The lowest BCUT2D eigenvalue weighted by atomic mass is 10.2. The van der Waals surface area contributed by atoms with E-state index in [0.717, 1.165) is 0 Å². The van der Waals surface area contributed by atoms with Crippen molar-refractivity contribution in [2.24, 2.45) is 12.8 Å². The standard InChI is InChI=1S/C8H15N5O2S/c1-6(5-7(9)10)12-16(14,15)8-3-4-11-13(8)2/h3-4,6,12H,5H2,1-2H3,(H3,9,10). The number of nitrogens with zero attached hydrogens (tertiary/aromatic N) is 2. The second-order valence-electron chi connectivity index (χ2n) is 3.54. The first-order valence-corrected chi connectivity index (χ1v) is 6.14. The number of nitrogens with one attached hydrogen (secondary N) is 2. The molecule has 1 atom stereocenters. The van der Waals surface area contributed by atoms with Crippen LogP contribution in [0.5, 0.6) is 0 Å². The van der Waals surface area contributed by atoms with Crippen LogP contribution in [0.15, 0.2) is 17.3 Å². The Bertz CT molecular complexity index is 478. The molecule has 16 heavy (non-hydrogen) atoms. The lowest BCUT2D eigenvalue weighted by molar-refractivity contribution is 0.548. The summed E-state index contributed by atoms with van der Waals surface area (Å²) in [6, 6.07) is 0.987. The van der Waals surface area contributed by atoms with Crippen molar-refractivity contribution in [3.63, 3.8) is 0 Å². The minimum Gasteiger partial charge on any atom is -0.388 e. The third-order valence-electron chi connectivity index (χ3n) is 1.93. The van der Waals surface area contributed by atoms with Crippen LogP contribution < -0.4 is 10.5 Å². The summed E-state index contributed by atoms with van der Waals surface area (Å²) in [6.07, 6.45) is 1.58. The summed E-state index contributed by atoms with van der Waals surface area (Å²) in [5.41, 5.74) is 5.19. The zero-order valence-corrected chi connectivity index (χ0v) is 9.95. The molecule has 0 saturated carbocycles. The molecule has 7 nitrogen and oxygen atoms in total. The van der Waals surface area contributed by atoms with Gasteiger partial charge in [-0.3, -0.25) is 10.1 Å². The van der Waals surface area contributed by atoms with Gasteiger partial charge in [0, 0.05) is 19.5 Å². The molecular weight excluding hydrogens is 230 g/mol. The molecule has 4 N–H and O–H groups in total. The predicted molar refractivity (Wildman–Crippen MR) is 59.5 cm³/mol. The van der Waals surface area contributed by atoms with Crippen molar-refractivity contribution in [1.82, 2.24) is 14.5 Å². The second-order valence-corrected chi connectivity index (χ2v) is 5.21. The van der Waals surface area contributed by atoms with Crippen LogP contribution in [-0.4, -0.2) is 30.1 Å². The summed E-state index contributed by atoms with van der Waals surface area (Å²) >= 11 is 0. The van der Waals surface area contributed by atoms with Gasteiger partial charge in [0.25, 0.3) is 10.0 Å². The molecule has 0 radical (unpaired) electrons. The molecule has 90 valence electrons. The molecule has 0 aliphatic rings. The highest BCUT2D eigenvalue weighted by atomic mass is 32.2. The number of aryl methyl sites for hydroxylation is 1. The summed E-state index contributed by atoms with van der Waals surface area (Å²) in [5.74, 6) is -0.0554. The van der Waals surface area contributed by atoms with E-state index in [-0.39, 0.29) is 17.3 Å². The van der Waals surface area contributed by atoms with Gasteiger partial charge in [-0.15, -0.1) is 0 Å². The fraction of sp³-hybridized carbons (Fsp3) is 0.500. The van der Waals surface area contributed by atoms with Crippen molar-refractivity contribution < 1.29 is 8.42 Å². The average molecular weight is 245 g/mol. The normalized spacial score (nSPS) is 13.6. The molecule has 1 unspecified atom stereocenters. The van der Waals surface area contributed by atoms with Crippen molar-refractivity contribution in [3.05, 3.63) is 12.3 Å². The molecule has 0 amide bonds. The first kappa shape index (κ1) is 12.7. The van der Waals surface area contributed by atoms with E-state index in [1.807, 2.05) is 0 Å². The van der Waals surface area contributed by atoms with E-state index in [2.05, 4.69) is 9.82 Å². The van der Waals surface area contributed by atoms with Gasteiger partial charge in [0.05, 0.1) is 12.0 Å². The SMILES string of the molecule is CC(CC(=N)N)NS(=O)(=O)c1ccnn1C. The van der Waals surface area contributed by atoms with E-state index in [0.29, 0.717) is 0 Å². The summed E-state index contributed by atoms with van der Waals surface area (Å²) in [6.45, 7) is 1.65. The van der Waals surface area contributed by atoms with Crippen molar-refractivity contribution in [2.75, 3.05) is 0 Å². The van der Waals surface area contributed by atoms with Crippen LogP contribution >= 0.6 is 0 Å². The maximum Gasteiger partial charge on any atom is 0.257 e. The van der Waals surface area contributed by atoms with E-state index in [1.54, 1.807) is 14.0 Å². The molecule has 0 aliphatic carbocycles. The van der Waals surface area contributed by atoms with Crippen LogP contribution in [0.25, 0.3) is 0 Å². The summed E-state index contributed by atoms with van der Waals surface area (Å²) in [7, 11) is -2.05. The van der Waals surface area contributed by atoms with Gasteiger partial charge in [0.2, 0.25) is 0 Å². The summed E-state index contributed by atoms with van der Waals surface area (Å²) in [4.78, 5) is 0.